The molecule has 1 heterocycles. The second kappa shape index (κ2) is 7.84. The summed E-state index contributed by atoms with van der Waals surface area (Å²) in [6, 6.07) is 0. The number of carbonyl (C=O) groups excluding carboxylic acids is 3. The van der Waals surface area contributed by atoms with Gasteiger partial charge in [-0.2, -0.15) is 0 Å². The summed E-state index contributed by atoms with van der Waals surface area (Å²) >= 11 is 0. The van der Waals surface area contributed by atoms with E-state index < -0.39 is 56.9 Å². The van der Waals surface area contributed by atoms with Gasteiger partial charge in [0.15, 0.2) is 12.2 Å². The van der Waals surface area contributed by atoms with Gasteiger partial charge in [-0.1, -0.05) is 0 Å². The number of ether oxygens (including phenoxy) is 4. The molecule has 4 atom stereocenters. The molecule has 11 nitrogen and oxygen atoms in total. The van der Waals surface area contributed by atoms with E-state index in [1.54, 1.807) is 0 Å². The molecule has 23 heavy (non-hydrogen) atoms. The van der Waals surface area contributed by atoms with E-state index in [0.29, 0.717) is 0 Å². The number of phosphoric acid groups is 1. The van der Waals surface area contributed by atoms with Crippen molar-refractivity contribution in [3.8, 4) is 0 Å². The van der Waals surface area contributed by atoms with Gasteiger partial charge < -0.3 is 28.7 Å². The van der Waals surface area contributed by atoms with Crippen LogP contribution in [0.1, 0.15) is 20.8 Å². The lowest BCUT2D eigenvalue weighted by atomic mass is 10.1. The lowest BCUT2D eigenvalue weighted by Gasteiger charge is -2.23. The third kappa shape index (κ3) is 6.63. The summed E-state index contributed by atoms with van der Waals surface area (Å²) in [6.07, 6.45) is -5.55. The molecule has 0 spiro atoms. The van der Waals surface area contributed by atoms with Gasteiger partial charge in [-0.15, -0.1) is 0 Å². The molecule has 0 radical (unpaired) electrons. The molecule has 0 unspecified atom stereocenters. The van der Waals surface area contributed by atoms with E-state index in [1.807, 2.05) is 0 Å². The third-order valence-corrected chi connectivity index (χ3v) is 3.05. The predicted octanol–water partition coefficient (Wildman–Crippen LogP) is -0.753. The molecule has 1 fully saturated rings. The van der Waals surface area contributed by atoms with E-state index in [-0.39, 0.29) is 0 Å². The van der Waals surface area contributed by atoms with E-state index >= 15 is 0 Å². The van der Waals surface area contributed by atoms with Crippen LogP contribution in [0.25, 0.3) is 0 Å². The molecule has 1 saturated heterocycles. The minimum absolute atomic E-state index is 0.397. The fraction of sp³-hybridized carbons (Fsp3) is 0.727. The molecule has 0 aromatic rings. The van der Waals surface area contributed by atoms with Crippen LogP contribution in [0.5, 0.6) is 0 Å². The molecule has 0 aliphatic carbocycles. The highest BCUT2D eigenvalue weighted by atomic mass is 31.2. The number of hydrogen-bond acceptors (Lipinski definition) is 9. The maximum atomic E-state index is 11.2. The molecular weight excluding hydrogens is 339 g/mol. The average molecular weight is 356 g/mol. The van der Waals surface area contributed by atoms with E-state index in [2.05, 4.69) is 4.52 Å². The Morgan fingerprint density at radius 1 is 1.00 bits per heavy atom. The van der Waals surface area contributed by atoms with Gasteiger partial charge in [-0.25, -0.2) is 4.57 Å². The highest BCUT2D eigenvalue weighted by molar-refractivity contribution is 7.46. The topological polar surface area (TPSA) is 155 Å². The molecule has 0 aromatic carbocycles. The maximum Gasteiger partial charge on any atom is 0.472 e. The fourth-order valence-corrected chi connectivity index (χ4v) is 2.34. The molecule has 132 valence electrons. The molecule has 0 aromatic heterocycles. The number of phosphoric ester groups is 1. The van der Waals surface area contributed by atoms with Crippen molar-refractivity contribution in [3.63, 3.8) is 0 Å². The van der Waals surface area contributed by atoms with Crippen LogP contribution in [0.15, 0.2) is 0 Å². The molecule has 0 bridgehead atoms. The third-order valence-electron chi connectivity index (χ3n) is 2.56. The van der Waals surface area contributed by atoms with Gasteiger partial charge in [-0.3, -0.25) is 18.9 Å². The molecule has 1 aliphatic rings. The number of carbonyl (C=O) groups is 3. The molecule has 1 rings (SSSR count). The quantitative estimate of drug-likeness (QED) is 0.351. The molecule has 12 heteroatoms. The van der Waals surface area contributed by atoms with Crippen LogP contribution in [0.3, 0.4) is 0 Å². The maximum absolute atomic E-state index is 11.2. The number of hydrogen-bond donors (Lipinski definition) is 2. The first kappa shape index (κ1) is 19.5. The lowest BCUT2D eigenvalue weighted by molar-refractivity contribution is -0.172. The Morgan fingerprint density at radius 3 is 1.96 bits per heavy atom. The normalized spacial score (nSPS) is 27.3. The minimum Gasteiger partial charge on any atom is -0.463 e. The van der Waals surface area contributed by atoms with Crippen molar-refractivity contribution < 1.29 is 52.2 Å². The molecular formula is C11H17O11P. The van der Waals surface area contributed by atoms with Crippen LogP contribution in [0.4, 0.5) is 0 Å². The van der Waals surface area contributed by atoms with Crippen molar-refractivity contribution in [2.24, 2.45) is 0 Å². The summed E-state index contributed by atoms with van der Waals surface area (Å²) in [5.41, 5.74) is 0. The average Bonchev–Trinajstić information content (AvgIpc) is 2.62. The van der Waals surface area contributed by atoms with Gasteiger partial charge in [0.05, 0.1) is 0 Å². The zero-order valence-corrected chi connectivity index (χ0v) is 13.4. The Hall–Kier alpha value is -1.52. The van der Waals surface area contributed by atoms with Crippen molar-refractivity contribution in [1.82, 2.24) is 0 Å². The van der Waals surface area contributed by atoms with Gasteiger partial charge in [0, 0.05) is 20.8 Å². The van der Waals surface area contributed by atoms with Crippen molar-refractivity contribution in [2.45, 2.75) is 45.4 Å². The fourth-order valence-electron chi connectivity index (χ4n) is 1.90. The van der Waals surface area contributed by atoms with Gasteiger partial charge in [0.2, 0.25) is 6.29 Å². The Bertz CT molecular complexity index is 512. The lowest BCUT2D eigenvalue weighted by Crippen LogP contribution is -2.41. The summed E-state index contributed by atoms with van der Waals surface area (Å²) in [5.74, 6) is -2.23. The van der Waals surface area contributed by atoms with Gasteiger partial charge in [-0.05, 0) is 0 Å². The van der Waals surface area contributed by atoms with E-state index in [1.165, 1.54) is 0 Å². The Kier molecular flexibility index (Phi) is 6.66. The molecule has 0 amide bonds. The van der Waals surface area contributed by atoms with Crippen molar-refractivity contribution >= 4 is 25.7 Å². The first-order valence-corrected chi connectivity index (χ1v) is 7.90. The number of rotatable bonds is 6. The zero-order valence-electron chi connectivity index (χ0n) is 12.5. The molecule has 2 N–H and O–H groups in total. The van der Waals surface area contributed by atoms with Crippen LogP contribution in [0.2, 0.25) is 0 Å². The summed E-state index contributed by atoms with van der Waals surface area (Å²) in [5, 5.41) is 0. The van der Waals surface area contributed by atoms with Crippen molar-refractivity contribution in [2.75, 3.05) is 6.61 Å². The Balaban J connectivity index is 3.00. The summed E-state index contributed by atoms with van der Waals surface area (Å²) in [7, 11) is -4.99. The van der Waals surface area contributed by atoms with E-state index in [4.69, 9.17) is 28.7 Å². The second-order valence-electron chi connectivity index (χ2n) is 4.59. The first-order chi connectivity index (χ1) is 10.5. The van der Waals surface area contributed by atoms with E-state index in [0.717, 1.165) is 20.8 Å². The predicted molar refractivity (Wildman–Crippen MR) is 69.5 cm³/mol. The SMILES string of the molecule is CC(=O)OC[C@@H]1O[C@H](OP(=O)(O)O)[C@H](OC(C)=O)[C@H]1OC(C)=O. The Morgan fingerprint density at radius 2 is 1.52 bits per heavy atom. The standard InChI is InChI=1S/C11H17O11P/c1-5(12)18-4-8-9(19-6(2)13)10(20-7(3)14)11(21-8)22-23(15,16)17/h8-11H,4H2,1-3H3,(H2,15,16,17)/t8-,9-,10+,11+/m0/s1. The number of esters is 3. The van der Waals surface area contributed by atoms with Crippen molar-refractivity contribution in [1.29, 1.82) is 0 Å². The van der Waals surface area contributed by atoms with Crippen LogP contribution < -0.4 is 0 Å². The van der Waals surface area contributed by atoms with Gasteiger partial charge >= 0.3 is 25.7 Å². The second-order valence-corrected chi connectivity index (χ2v) is 5.78. The van der Waals surface area contributed by atoms with Crippen LogP contribution in [0, 0.1) is 0 Å². The first-order valence-electron chi connectivity index (χ1n) is 6.37. The summed E-state index contributed by atoms with van der Waals surface area (Å²) < 4.78 is 35.1. The monoisotopic (exact) mass is 356 g/mol. The Labute approximate surface area is 131 Å². The smallest absolute Gasteiger partial charge is 0.463 e. The zero-order chi connectivity index (χ0) is 17.8. The van der Waals surface area contributed by atoms with Crippen LogP contribution >= 0.6 is 7.82 Å². The summed E-state index contributed by atoms with van der Waals surface area (Å²) in [4.78, 5) is 51.0. The van der Waals surface area contributed by atoms with Gasteiger partial charge in [0.25, 0.3) is 0 Å². The molecule has 0 saturated carbocycles. The van der Waals surface area contributed by atoms with Crippen LogP contribution in [-0.2, 0) is 42.4 Å². The highest BCUT2D eigenvalue weighted by Gasteiger charge is 2.52. The van der Waals surface area contributed by atoms with Crippen molar-refractivity contribution in [3.05, 3.63) is 0 Å². The highest BCUT2D eigenvalue weighted by Crippen LogP contribution is 2.42. The van der Waals surface area contributed by atoms with E-state index in [9.17, 15) is 18.9 Å². The summed E-state index contributed by atoms with van der Waals surface area (Å²) in [6.45, 7) is 2.85. The molecule has 1 aliphatic heterocycles. The van der Waals surface area contributed by atoms with Crippen LogP contribution in [-0.4, -0.2) is 58.9 Å². The largest absolute Gasteiger partial charge is 0.472 e. The minimum atomic E-state index is -4.99. The van der Waals surface area contributed by atoms with Gasteiger partial charge in [0.1, 0.15) is 12.7 Å².